The van der Waals surface area contributed by atoms with Gasteiger partial charge in [0, 0.05) is 18.7 Å². The standard InChI is InChI=1S/C13H16N2O3/c16-10-6-11(14-7-10)13(17)15-9-1-2-12-8(5-9)3-4-18-12/h1-2,5,10-11,14,16H,3-4,6-7H2,(H,15,17). The summed E-state index contributed by atoms with van der Waals surface area (Å²) in [7, 11) is 0. The SMILES string of the molecule is O=C(Nc1ccc2c(c1)CCO2)C1CC(O)CN1. The molecular weight excluding hydrogens is 232 g/mol. The number of aliphatic hydroxyl groups excluding tert-OH is 1. The number of amides is 1. The van der Waals surface area contributed by atoms with Gasteiger partial charge >= 0.3 is 0 Å². The van der Waals surface area contributed by atoms with Crippen LogP contribution in [0.1, 0.15) is 12.0 Å². The summed E-state index contributed by atoms with van der Waals surface area (Å²) in [4.78, 5) is 11.9. The highest BCUT2D eigenvalue weighted by molar-refractivity contribution is 5.95. The Hall–Kier alpha value is -1.59. The molecule has 2 aliphatic rings. The van der Waals surface area contributed by atoms with Gasteiger partial charge in [0.1, 0.15) is 5.75 Å². The third-order valence-corrected chi connectivity index (χ3v) is 3.38. The molecule has 0 saturated carbocycles. The zero-order valence-electron chi connectivity index (χ0n) is 9.98. The number of ether oxygens (including phenoxy) is 1. The highest BCUT2D eigenvalue weighted by Crippen LogP contribution is 2.28. The number of carbonyl (C=O) groups excluding carboxylic acids is 1. The molecule has 2 atom stereocenters. The van der Waals surface area contributed by atoms with Gasteiger partial charge in [0.05, 0.1) is 18.8 Å². The second-order valence-electron chi connectivity index (χ2n) is 4.76. The molecule has 3 rings (SSSR count). The minimum absolute atomic E-state index is 0.0922. The van der Waals surface area contributed by atoms with E-state index in [2.05, 4.69) is 10.6 Å². The maximum atomic E-state index is 11.9. The summed E-state index contributed by atoms with van der Waals surface area (Å²) in [5, 5.41) is 15.2. The molecule has 0 aliphatic carbocycles. The molecule has 1 amide bonds. The molecule has 0 aromatic heterocycles. The molecule has 1 aromatic carbocycles. The van der Waals surface area contributed by atoms with Gasteiger partial charge < -0.3 is 20.5 Å². The molecule has 5 nitrogen and oxygen atoms in total. The summed E-state index contributed by atoms with van der Waals surface area (Å²) >= 11 is 0. The summed E-state index contributed by atoms with van der Waals surface area (Å²) < 4.78 is 5.41. The minimum atomic E-state index is -0.422. The van der Waals surface area contributed by atoms with Crippen LogP contribution < -0.4 is 15.4 Å². The summed E-state index contributed by atoms with van der Waals surface area (Å²) in [5.41, 5.74) is 1.92. The maximum absolute atomic E-state index is 11.9. The summed E-state index contributed by atoms with van der Waals surface area (Å²) in [5.74, 6) is 0.813. The summed E-state index contributed by atoms with van der Waals surface area (Å²) in [6.07, 6.45) is 0.938. The van der Waals surface area contributed by atoms with E-state index in [0.29, 0.717) is 19.6 Å². The van der Waals surface area contributed by atoms with Crippen molar-refractivity contribution in [3.05, 3.63) is 23.8 Å². The summed E-state index contributed by atoms with van der Waals surface area (Å²) in [6, 6.07) is 5.37. The number of benzene rings is 1. The second-order valence-corrected chi connectivity index (χ2v) is 4.76. The number of carbonyl (C=O) groups is 1. The Kier molecular flexibility index (Phi) is 2.93. The predicted octanol–water partition coefficient (Wildman–Crippen LogP) is 0.283. The Labute approximate surface area is 105 Å². The number of hydrogen-bond acceptors (Lipinski definition) is 4. The summed E-state index contributed by atoms with van der Waals surface area (Å²) in [6.45, 7) is 1.19. The number of rotatable bonds is 2. The molecule has 1 fully saturated rings. The van der Waals surface area contributed by atoms with Crippen LogP contribution in [0.4, 0.5) is 5.69 Å². The monoisotopic (exact) mass is 248 g/mol. The van der Waals surface area contributed by atoms with E-state index in [9.17, 15) is 9.90 Å². The third kappa shape index (κ3) is 2.19. The van der Waals surface area contributed by atoms with Gasteiger partial charge in [0.2, 0.25) is 5.91 Å². The predicted molar refractivity (Wildman–Crippen MR) is 66.7 cm³/mol. The van der Waals surface area contributed by atoms with E-state index in [0.717, 1.165) is 23.4 Å². The minimum Gasteiger partial charge on any atom is -0.493 e. The van der Waals surface area contributed by atoms with Crippen LogP contribution in [0, 0.1) is 0 Å². The van der Waals surface area contributed by atoms with Crippen molar-refractivity contribution in [2.24, 2.45) is 0 Å². The lowest BCUT2D eigenvalue weighted by Crippen LogP contribution is -2.35. The van der Waals surface area contributed by atoms with Gasteiger partial charge in [-0.1, -0.05) is 0 Å². The molecule has 96 valence electrons. The van der Waals surface area contributed by atoms with E-state index in [1.165, 1.54) is 0 Å². The number of aliphatic hydroxyl groups is 1. The highest BCUT2D eigenvalue weighted by atomic mass is 16.5. The molecule has 0 bridgehead atoms. The van der Waals surface area contributed by atoms with Gasteiger partial charge in [-0.05, 0) is 30.2 Å². The Morgan fingerprint density at radius 2 is 2.39 bits per heavy atom. The van der Waals surface area contributed by atoms with Crippen LogP contribution in [0.25, 0.3) is 0 Å². The lowest BCUT2D eigenvalue weighted by molar-refractivity contribution is -0.117. The van der Waals surface area contributed by atoms with E-state index < -0.39 is 6.10 Å². The van der Waals surface area contributed by atoms with Crippen molar-refractivity contribution in [3.8, 4) is 5.75 Å². The van der Waals surface area contributed by atoms with Crippen LogP contribution in [0.3, 0.4) is 0 Å². The Morgan fingerprint density at radius 3 is 3.17 bits per heavy atom. The lowest BCUT2D eigenvalue weighted by Gasteiger charge is -2.11. The zero-order chi connectivity index (χ0) is 12.5. The first-order valence-corrected chi connectivity index (χ1v) is 6.20. The normalized spacial score (nSPS) is 25.6. The molecule has 2 heterocycles. The van der Waals surface area contributed by atoms with Gasteiger partial charge in [-0.3, -0.25) is 4.79 Å². The van der Waals surface area contributed by atoms with Crippen LogP contribution in [0.5, 0.6) is 5.75 Å². The largest absolute Gasteiger partial charge is 0.493 e. The molecule has 3 N–H and O–H groups in total. The van der Waals surface area contributed by atoms with Crippen LogP contribution in [-0.2, 0) is 11.2 Å². The molecule has 5 heteroatoms. The topological polar surface area (TPSA) is 70.6 Å². The first-order valence-electron chi connectivity index (χ1n) is 6.20. The quantitative estimate of drug-likeness (QED) is 0.703. The lowest BCUT2D eigenvalue weighted by atomic mass is 10.1. The van der Waals surface area contributed by atoms with Crippen molar-refractivity contribution < 1.29 is 14.6 Å². The average Bonchev–Trinajstić information content (AvgIpc) is 2.96. The Morgan fingerprint density at radius 1 is 1.50 bits per heavy atom. The van der Waals surface area contributed by atoms with Gasteiger partial charge in [-0.15, -0.1) is 0 Å². The van der Waals surface area contributed by atoms with Crippen molar-refractivity contribution in [1.29, 1.82) is 0 Å². The molecule has 0 spiro atoms. The second kappa shape index (κ2) is 4.59. The van der Waals surface area contributed by atoms with Crippen molar-refractivity contribution in [3.63, 3.8) is 0 Å². The molecule has 1 aromatic rings. The number of nitrogens with one attached hydrogen (secondary N) is 2. The fourth-order valence-electron chi connectivity index (χ4n) is 2.41. The number of fused-ring (bicyclic) bond motifs is 1. The smallest absolute Gasteiger partial charge is 0.241 e. The molecular formula is C13H16N2O3. The van der Waals surface area contributed by atoms with E-state index in [4.69, 9.17) is 4.74 Å². The van der Waals surface area contributed by atoms with Gasteiger partial charge in [-0.25, -0.2) is 0 Å². The Bertz CT molecular complexity index is 475. The van der Waals surface area contributed by atoms with Gasteiger partial charge in [-0.2, -0.15) is 0 Å². The van der Waals surface area contributed by atoms with Crippen molar-refractivity contribution in [2.45, 2.75) is 25.0 Å². The first-order chi connectivity index (χ1) is 8.72. The third-order valence-electron chi connectivity index (χ3n) is 3.38. The molecule has 2 aliphatic heterocycles. The van der Waals surface area contributed by atoms with E-state index >= 15 is 0 Å². The number of hydrogen-bond donors (Lipinski definition) is 3. The van der Waals surface area contributed by atoms with Crippen LogP contribution in [-0.4, -0.2) is 36.3 Å². The van der Waals surface area contributed by atoms with E-state index in [1.807, 2.05) is 18.2 Å². The van der Waals surface area contributed by atoms with Crippen LogP contribution in [0.15, 0.2) is 18.2 Å². The van der Waals surface area contributed by atoms with E-state index in [-0.39, 0.29) is 11.9 Å². The van der Waals surface area contributed by atoms with Crippen molar-refractivity contribution in [1.82, 2.24) is 5.32 Å². The first kappa shape index (κ1) is 11.5. The maximum Gasteiger partial charge on any atom is 0.241 e. The average molecular weight is 248 g/mol. The fourth-order valence-corrected chi connectivity index (χ4v) is 2.41. The van der Waals surface area contributed by atoms with Gasteiger partial charge in [0.15, 0.2) is 0 Å². The van der Waals surface area contributed by atoms with Crippen molar-refractivity contribution in [2.75, 3.05) is 18.5 Å². The fraction of sp³-hybridized carbons (Fsp3) is 0.462. The number of anilines is 1. The highest BCUT2D eigenvalue weighted by Gasteiger charge is 2.28. The van der Waals surface area contributed by atoms with E-state index in [1.54, 1.807) is 0 Å². The van der Waals surface area contributed by atoms with Gasteiger partial charge in [0.25, 0.3) is 0 Å². The zero-order valence-corrected chi connectivity index (χ0v) is 9.98. The van der Waals surface area contributed by atoms with Crippen LogP contribution >= 0.6 is 0 Å². The van der Waals surface area contributed by atoms with Crippen LogP contribution in [0.2, 0.25) is 0 Å². The molecule has 2 unspecified atom stereocenters. The molecule has 1 saturated heterocycles. The number of β-amino-alcohol motifs (C(OH)–C–C–N with tert-alkyl or cyclic N) is 1. The molecule has 0 radical (unpaired) electrons. The Balaban J connectivity index is 1.67. The molecule has 18 heavy (non-hydrogen) atoms. The van der Waals surface area contributed by atoms with Crippen molar-refractivity contribution >= 4 is 11.6 Å².